The van der Waals surface area contributed by atoms with Crippen LogP contribution in [0.15, 0.2) is 48.5 Å². The summed E-state index contributed by atoms with van der Waals surface area (Å²) in [5.74, 6) is -0.305. The van der Waals surface area contributed by atoms with Crippen LogP contribution in [0.4, 0.5) is 16.4 Å². The molecule has 0 aliphatic rings. The zero-order chi connectivity index (χ0) is 21.0. The molecule has 1 heterocycles. The van der Waals surface area contributed by atoms with E-state index >= 15 is 0 Å². The number of nitrogens with zero attached hydrogens (tertiary/aromatic N) is 4. The predicted octanol–water partition coefficient (Wildman–Crippen LogP) is 3.43. The minimum Gasteiger partial charge on any atom is -0.465 e. The molecular formula is C20H22N6O3. The van der Waals surface area contributed by atoms with Crippen molar-refractivity contribution < 1.29 is 14.7 Å². The molecule has 3 N–H and O–H groups in total. The first kappa shape index (κ1) is 20.0. The third-order valence-corrected chi connectivity index (χ3v) is 4.40. The fraction of sp³-hybridized carbons (Fsp3) is 0.250. The van der Waals surface area contributed by atoms with Gasteiger partial charge < -0.3 is 5.11 Å². The first-order chi connectivity index (χ1) is 13.7. The van der Waals surface area contributed by atoms with Gasteiger partial charge in [0.05, 0.1) is 6.54 Å². The fourth-order valence-electron chi connectivity index (χ4n) is 2.74. The number of anilines is 2. The lowest BCUT2D eigenvalue weighted by Crippen LogP contribution is -2.28. The van der Waals surface area contributed by atoms with Crippen LogP contribution in [0.2, 0.25) is 0 Å². The van der Waals surface area contributed by atoms with Crippen LogP contribution >= 0.6 is 0 Å². The predicted molar refractivity (Wildman–Crippen MR) is 108 cm³/mol. The van der Waals surface area contributed by atoms with Crippen molar-refractivity contribution in [3.63, 3.8) is 0 Å². The molecule has 0 unspecified atom stereocenters. The van der Waals surface area contributed by atoms with Crippen molar-refractivity contribution in [3.05, 3.63) is 65.2 Å². The summed E-state index contributed by atoms with van der Waals surface area (Å²) in [4.78, 5) is 25.2. The molecule has 2 aromatic carbocycles. The lowest BCUT2D eigenvalue weighted by atomic mass is 9.87. The molecule has 0 spiro atoms. The van der Waals surface area contributed by atoms with E-state index in [1.54, 1.807) is 36.4 Å². The molecular weight excluding hydrogens is 372 g/mol. The number of tetrazole rings is 1. The Labute approximate surface area is 167 Å². The van der Waals surface area contributed by atoms with Crippen molar-refractivity contribution in [2.75, 3.05) is 10.2 Å². The van der Waals surface area contributed by atoms with Crippen molar-refractivity contribution in [1.82, 2.24) is 20.6 Å². The van der Waals surface area contributed by atoms with Crippen molar-refractivity contribution in [3.8, 4) is 0 Å². The highest BCUT2D eigenvalue weighted by Gasteiger charge is 2.18. The van der Waals surface area contributed by atoms with E-state index in [4.69, 9.17) is 0 Å². The third kappa shape index (κ3) is 4.95. The Kier molecular flexibility index (Phi) is 5.58. The van der Waals surface area contributed by atoms with E-state index in [1.807, 2.05) is 12.1 Å². The summed E-state index contributed by atoms with van der Waals surface area (Å²) in [7, 11) is 0. The van der Waals surface area contributed by atoms with Crippen molar-refractivity contribution in [2.45, 2.75) is 32.7 Å². The second-order valence-corrected chi connectivity index (χ2v) is 7.55. The fourth-order valence-corrected chi connectivity index (χ4v) is 2.74. The highest BCUT2D eigenvalue weighted by molar-refractivity contribution is 6.03. The largest absolute Gasteiger partial charge is 0.465 e. The lowest BCUT2D eigenvalue weighted by molar-refractivity contribution is 0.102. The molecule has 29 heavy (non-hydrogen) atoms. The van der Waals surface area contributed by atoms with E-state index < -0.39 is 6.09 Å². The standard InChI is InChI=1S/C20H22N6O3/c1-20(2,3)15-8-10-16(11-9-15)26(19(28)29)12-13-4-6-14(7-5-13)17(27)21-18-22-24-25-23-18/h4-11H,12H2,1-3H3,(H,28,29)(H2,21,22,23,24,25,27). The maximum Gasteiger partial charge on any atom is 0.412 e. The smallest absolute Gasteiger partial charge is 0.412 e. The number of carbonyl (C=O) groups excluding carboxylic acids is 1. The molecule has 0 atom stereocenters. The van der Waals surface area contributed by atoms with Gasteiger partial charge in [0.1, 0.15) is 0 Å². The number of H-pyrrole nitrogens is 1. The third-order valence-electron chi connectivity index (χ3n) is 4.40. The summed E-state index contributed by atoms with van der Waals surface area (Å²) < 4.78 is 0. The van der Waals surface area contributed by atoms with E-state index in [2.05, 4.69) is 46.7 Å². The van der Waals surface area contributed by atoms with E-state index in [-0.39, 0.29) is 23.8 Å². The van der Waals surface area contributed by atoms with Crippen LogP contribution in [-0.2, 0) is 12.0 Å². The van der Waals surface area contributed by atoms with Gasteiger partial charge in [-0.2, -0.15) is 5.21 Å². The molecule has 0 bridgehead atoms. The Bertz CT molecular complexity index is 977. The van der Waals surface area contributed by atoms with Crippen LogP contribution in [0.1, 0.15) is 42.3 Å². The summed E-state index contributed by atoms with van der Waals surface area (Å²) in [5, 5.41) is 25.1. The molecule has 150 valence electrons. The van der Waals surface area contributed by atoms with Crippen molar-refractivity contribution >= 4 is 23.6 Å². The molecule has 0 saturated carbocycles. The van der Waals surface area contributed by atoms with Gasteiger partial charge in [0, 0.05) is 11.3 Å². The zero-order valence-corrected chi connectivity index (χ0v) is 16.4. The van der Waals surface area contributed by atoms with E-state index in [0.717, 1.165) is 11.1 Å². The Morgan fingerprint density at radius 1 is 1.07 bits per heavy atom. The number of rotatable bonds is 5. The summed E-state index contributed by atoms with van der Waals surface area (Å²) in [6, 6.07) is 14.2. The van der Waals surface area contributed by atoms with Crippen LogP contribution in [-0.4, -0.2) is 37.7 Å². The average molecular weight is 394 g/mol. The topological polar surface area (TPSA) is 124 Å². The molecule has 9 heteroatoms. The van der Waals surface area contributed by atoms with Gasteiger partial charge in [-0.25, -0.2) is 4.79 Å². The van der Waals surface area contributed by atoms with Crippen LogP contribution in [0, 0.1) is 0 Å². The molecule has 3 rings (SSSR count). The summed E-state index contributed by atoms with van der Waals surface area (Å²) in [5.41, 5.74) is 2.86. The SMILES string of the molecule is CC(C)(C)c1ccc(N(Cc2ccc(C(=O)Nc3nn[nH]n3)cc2)C(=O)O)cc1. The van der Waals surface area contributed by atoms with Gasteiger partial charge in [-0.15, -0.1) is 5.10 Å². The summed E-state index contributed by atoms with van der Waals surface area (Å²) in [6.07, 6.45) is -1.05. The number of aromatic nitrogens is 4. The number of nitrogens with one attached hydrogen (secondary N) is 2. The quantitative estimate of drug-likeness (QED) is 0.609. The van der Waals surface area contributed by atoms with Gasteiger partial charge in [0.2, 0.25) is 0 Å². The summed E-state index contributed by atoms with van der Waals surface area (Å²) >= 11 is 0. The first-order valence-corrected chi connectivity index (χ1v) is 8.99. The van der Waals surface area contributed by atoms with Crippen molar-refractivity contribution in [2.24, 2.45) is 0 Å². The first-order valence-electron chi connectivity index (χ1n) is 8.99. The lowest BCUT2D eigenvalue weighted by Gasteiger charge is -2.23. The maximum absolute atomic E-state index is 12.2. The number of amides is 2. The van der Waals surface area contributed by atoms with Gasteiger partial charge in [0.25, 0.3) is 11.9 Å². The molecule has 0 radical (unpaired) electrons. The van der Waals surface area contributed by atoms with Crippen LogP contribution in [0.5, 0.6) is 0 Å². The number of aromatic amines is 1. The Hall–Kier alpha value is -3.75. The molecule has 1 aromatic heterocycles. The Balaban J connectivity index is 1.72. The van der Waals surface area contributed by atoms with Gasteiger partial charge >= 0.3 is 6.09 Å². The number of carbonyl (C=O) groups is 2. The van der Waals surface area contributed by atoms with Crippen LogP contribution < -0.4 is 10.2 Å². The number of hydrogen-bond acceptors (Lipinski definition) is 5. The number of benzene rings is 2. The molecule has 0 aliphatic carbocycles. The van der Waals surface area contributed by atoms with E-state index in [0.29, 0.717) is 11.3 Å². The van der Waals surface area contributed by atoms with E-state index in [9.17, 15) is 14.7 Å². The average Bonchev–Trinajstić information content (AvgIpc) is 3.19. The van der Waals surface area contributed by atoms with Gasteiger partial charge in [0.15, 0.2) is 0 Å². The Morgan fingerprint density at radius 2 is 1.72 bits per heavy atom. The van der Waals surface area contributed by atoms with Crippen LogP contribution in [0.25, 0.3) is 0 Å². The highest BCUT2D eigenvalue weighted by Crippen LogP contribution is 2.26. The molecule has 2 amide bonds. The minimum atomic E-state index is -1.05. The number of hydrogen-bond donors (Lipinski definition) is 3. The summed E-state index contributed by atoms with van der Waals surface area (Å²) in [6.45, 7) is 6.48. The van der Waals surface area contributed by atoms with Gasteiger partial charge in [-0.05, 0) is 46.0 Å². The normalized spacial score (nSPS) is 11.1. The Morgan fingerprint density at radius 3 is 2.24 bits per heavy atom. The minimum absolute atomic E-state index is 0.00944. The second kappa shape index (κ2) is 8.09. The monoisotopic (exact) mass is 394 g/mol. The molecule has 0 aliphatic heterocycles. The molecule has 0 fully saturated rings. The van der Waals surface area contributed by atoms with Crippen LogP contribution in [0.3, 0.4) is 0 Å². The van der Waals surface area contributed by atoms with E-state index in [1.165, 1.54) is 4.90 Å². The van der Waals surface area contributed by atoms with Gasteiger partial charge in [-0.1, -0.05) is 50.1 Å². The second-order valence-electron chi connectivity index (χ2n) is 7.55. The highest BCUT2D eigenvalue weighted by atomic mass is 16.4. The molecule has 3 aromatic rings. The number of carboxylic acid groups (broad SMARTS) is 1. The molecule has 9 nitrogen and oxygen atoms in total. The van der Waals surface area contributed by atoms with Crippen molar-refractivity contribution in [1.29, 1.82) is 0 Å². The zero-order valence-electron chi connectivity index (χ0n) is 16.4. The molecule has 0 saturated heterocycles. The maximum atomic E-state index is 12.2. The van der Waals surface area contributed by atoms with Gasteiger partial charge in [-0.3, -0.25) is 15.0 Å².